The van der Waals surface area contributed by atoms with Crippen LogP contribution < -0.4 is 10.5 Å². The maximum Gasteiger partial charge on any atom is 0.312 e. The number of hydrogen-bond acceptors (Lipinski definition) is 4. The number of nitrogens with two attached hydrogens (primary N) is 1. The molecule has 0 unspecified atom stereocenters. The summed E-state index contributed by atoms with van der Waals surface area (Å²) < 4.78 is 21.7. The Morgan fingerprint density at radius 3 is 2.22 bits per heavy atom. The molecule has 0 atom stereocenters. The van der Waals surface area contributed by atoms with E-state index in [4.69, 9.17) is 10.2 Å². The van der Waals surface area contributed by atoms with Gasteiger partial charge in [-0.3, -0.25) is 9.59 Å². The van der Waals surface area contributed by atoms with Gasteiger partial charge in [0.1, 0.15) is 6.42 Å². The number of amides is 1. The SMILES string of the molecule is NS(=O)(=O)Cc1ccc(NC(=O)CC(=O)O)cc1. The summed E-state index contributed by atoms with van der Waals surface area (Å²) in [4.78, 5) is 21.4. The van der Waals surface area contributed by atoms with Crippen LogP contribution in [0.15, 0.2) is 24.3 Å². The fraction of sp³-hybridized carbons (Fsp3) is 0.200. The third kappa shape index (κ3) is 5.41. The van der Waals surface area contributed by atoms with Crippen LogP contribution in [-0.2, 0) is 25.4 Å². The van der Waals surface area contributed by atoms with Crippen molar-refractivity contribution in [3.8, 4) is 0 Å². The Hall–Kier alpha value is -1.93. The normalized spacial score (nSPS) is 10.9. The molecular weight excluding hydrogens is 260 g/mol. The number of carboxylic acid groups (broad SMARTS) is 1. The van der Waals surface area contributed by atoms with Crippen molar-refractivity contribution in [1.29, 1.82) is 0 Å². The predicted molar refractivity (Wildman–Crippen MR) is 64.1 cm³/mol. The van der Waals surface area contributed by atoms with Crippen LogP contribution in [0.25, 0.3) is 0 Å². The first-order chi connectivity index (χ1) is 8.26. The third-order valence-electron chi connectivity index (χ3n) is 1.92. The zero-order valence-corrected chi connectivity index (χ0v) is 10.1. The van der Waals surface area contributed by atoms with E-state index in [9.17, 15) is 18.0 Å². The smallest absolute Gasteiger partial charge is 0.312 e. The molecule has 0 spiro atoms. The molecule has 0 aliphatic rings. The van der Waals surface area contributed by atoms with E-state index in [-0.39, 0.29) is 5.75 Å². The highest BCUT2D eigenvalue weighted by Gasteiger charge is 2.08. The number of benzene rings is 1. The Morgan fingerprint density at radius 2 is 1.78 bits per heavy atom. The molecule has 8 heteroatoms. The van der Waals surface area contributed by atoms with Crippen LogP contribution in [0.2, 0.25) is 0 Å². The lowest BCUT2D eigenvalue weighted by atomic mass is 10.2. The van der Waals surface area contributed by atoms with Gasteiger partial charge in [-0.2, -0.15) is 0 Å². The number of nitrogens with one attached hydrogen (secondary N) is 1. The Bertz CT molecular complexity index is 550. The standard InChI is InChI=1S/C10H12N2O5S/c11-18(16,17)6-7-1-3-8(4-2-7)12-9(13)5-10(14)15/h1-4H,5-6H2,(H,12,13)(H,14,15)(H2,11,16,17). The van der Waals surface area contributed by atoms with Gasteiger partial charge in [0, 0.05) is 5.69 Å². The second-order valence-corrected chi connectivity index (χ2v) is 5.24. The Morgan fingerprint density at radius 1 is 1.22 bits per heavy atom. The lowest BCUT2D eigenvalue weighted by Crippen LogP contribution is -2.16. The molecule has 1 rings (SSSR count). The number of primary sulfonamides is 1. The highest BCUT2D eigenvalue weighted by atomic mass is 32.2. The van der Waals surface area contributed by atoms with Crippen molar-refractivity contribution in [2.75, 3.05) is 5.32 Å². The van der Waals surface area contributed by atoms with Gasteiger partial charge in [-0.25, -0.2) is 13.6 Å². The van der Waals surface area contributed by atoms with E-state index in [0.29, 0.717) is 11.3 Å². The van der Waals surface area contributed by atoms with Crippen LogP contribution in [0.5, 0.6) is 0 Å². The molecule has 18 heavy (non-hydrogen) atoms. The molecule has 98 valence electrons. The molecule has 0 heterocycles. The van der Waals surface area contributed by atoms with Crippen molar-refractivity contribution < 1.29 is 23.1 Å². The molecule has 0 fully saturated rings. The molecule has 0 aliphatic heterocycles. The fourth-order valence-corrected chi connectivity index (χ4v) is 1.92. The number of carboxylic acids is 1. The average Bonchev–Trinajstić information content (AvgIpc) is 2.17. The fourth-order valence-electron chi connectivity index (χ4n) is 1.26. The van der Waals surface area contributed by atoms with E-state index in [1.165, 1.54) is 24.3 Å². The van der Waals surface area contributed by atoms with Crippen molar-refractivity contribution in [1.82, 2.24) is 0 Å². The highest BCUT2D eigenvalue weighted by molar-refractivity contribution is 7.88. The molecule has 4 N–H and O–H groups in total. The van der Waals surface area contributed by atoms with Gasteiger partial charge in [0.05, 0.1) is 5.75 Å². The number of carbonyl (C=O) groups excluding carboxylic acids is 1. The lowest BCUT2D eigenvalue weighted by molar-refractivity contribution is -0.139. The minimum atomic E-state index is -3.59. The molecule has 1 amide bonds. The maximum atomic E-state index is 11.1. The van der Waals surface area contributed by atoms with Gasteiger partial charge in [-0.15, -0.1) is 0 Å². The summed E-state index contributed by atoms with van der Waals surface area (Å²) in [7, 11) is -3.59. The summed E-state index contributed by atoms with van der Waals surface area (Å²) in [5.41, 5.74) is 0.869. The molecule has 0 aromatic heterocycles. The first-order valence-electron chi connectivity index (χ1n) is 4.87. The summed E-state index contributed by atoms with van der Waals surface area (Å²) in [5, 5.41) is 15.6. The first kappa shape index (κ1) is 14.1. The number of anilines is 1. The summed E-state index contributed by atoms with van der Waals surface area (Å²) in [5.74, 6) is -2.17. The number of sulfonamides is 1. The minimum Gasteiger partial charge on any atom is -0.481 e. The average molecular weight is 272 g/mol. The molecular formula is C10H12N2O5S. The minimum absolute atomic E-state index is 0.295. The van der Waals surface area contributed by atoms with E-state index in [0.717, 1.165) is 0 Å². The van der Waals surface area contributed by atoms with Gasteiger partial charge in [0.25, 0.3) is 0 Å². The van der Waals surface area contributed by atoms with Gasteiger partial charge in [0.2, 0.25) is 15.9 Å². The van der Waals surface area contributed by atoms with Crippen LogP contribution in [0.3, 0.4) is 0 Å². The van der Waals surface area contributed by atoms with E-state index in [1.807, 2.05) is 0 Å². The van der Waals surface area contributed by atoms with Crippen molar-refractivity contribution >= 4 is 27.6 Å². The van der Waals surface area contributed by atoms with Crippen molar-refractivity contribution in [2.45, 2.75) is 12.2 Å². The molecule has 7 nitrogen and oxygen atoms in total. The van der Waals surface area contributed by atoms with Gasteiger partial charge in [-0.1, -0.05) is 12.1 Å². The number of hydrogen-bond donors (Lipinski definition) is 3. The summed E-state index contributed by atoms with van der Waals surface area (Å²) in [6.45, 7) is 0. The van der Waals surface area contributed by atoms with Crippen LogP contribution >= 0.6 is 0 Å². The molecule has 0 saturated heterocycles. The van der Waals surface area contributed by atoms with Crippen molar-refractivity contribution in [3.05, 3.63) is 29.8 Å². The van der Waals surface area contributed by atoms with Crippen LogP contribution in [0.4, 0.5) is 5.69 Å². The van der Waals surface area contributed by atoms with Crippen molar-refractivity contribution in [2.24, 2.45) is 5.14 Å². The Labute approximate surface area is 104 Å². The van der Waals surface area contributed by atoms with Crippen LogP contribution in [-0.4, -0.2) is 25.4 Å². The lowest BCUT2D eigenvalue weighted by Gasteiger charge is -2.04. The van der Waals surface area contributed by atoms with Gasteiger partial charge in [0.15, 0.2) is 0 Å². The maximum absolute atomic E-state index is 11.1. The Kier molecular flexibility index (Phi) is 4.40. The zero-order chi connectivity index (χ0) is 13.8. The van der Waals surface area contributed by atoms with Gasteiger partial charge >= 0.3 is 5.97 Å². The molecule has 1 aromatic rings. The van der Waals surface area contributed by atoms with Crippen LogP contribution in [0, 0.1) is 0 Å². The summed E-state index contributed by atoms with van der Waals surface area (Å²) >= 11 is 0. The Balaban J connectivity index is 2.66. The van der Waals surface area contributed by atoms with E-state index >= 15 is 0 Å². The number of rotatable bonds is 5. The third-order valence-corrected chi connectivity index (χ3v) is 2.65. The van der Waals surface area contributed by atoms with Gasteiger partial charge in [-0.05, 0) is 17.7 Å². The molecule has 0 radical (unpaired) electrons. The quantitative estimate of drug-likeness (QED) is 0.644. The highest BCUT2D eigenvalue weighted by Crippen LogP contribution is 2.11. The second-order valence-electron chi connectivity index (χ2n) is 3.62. The van der Waals surface area contributed by atoms with Crippen molar-refractivity contribution in [3.63, 3.8) is 0 Å². The van der Waals surface area contributed by atoms with E-state index in [2.05, 4.69) is 5.32 Å². The molecule has 1 aromatic carbocycles. The topological polar surface area (TPSA) is 127 Å². The predicted octanol–water partition coefficient (Wildman–Crippen LogP) is -0.112. The van der Waals surface area contributed by atoms with E-state index in [1.54, 1.807) is 0 Å². The van der Waals surface area contributed by atoms with Gasteiger partial charge < -0.3 is 10.4 Å². The summed E-state index contributed by atoms with van der Waals surface area (Å²) in [6, 6.07) is 5.92. The number of carbonyl (C=O) groups is 2. The van der Waals surface area contributed by atoms with Crippen LogP contribution in [0.1, 0.15) is 12.0 Å². The first-order valence-corrected chi connectivity index (χ1v) is 6.59. The van der Waals surface area contributed by atoms with E-state index < -0.39 is 28.3 Å². The zero-order valence-electron chi connectivity index (χ0n) is 9.29. The second kappa shape index (κ2) is 5.61. The summed E-state index contributed by atoms with van der Waals surface area (Å²) in [6.07, 6.45) is -0.626. The molecule has 0 bridgehead atoms. The number of aliphatic carboxylic acids is 1. The molecule has 0 saturated carbocycles. The molecule has 0 aliphatic carbocycles. The monoisotopic (exact) mass is 272 g/mol. The largest absolute Gasteiger partial charge is 0.481 e.